The Morgan fingerprint density at radius 2 is 1.80 bits per heavy atom. The van der Waals surface area contributed by atoms with E-state index in [1.54, 1.807) is 13.0 Å². The first kappa shape index (κ1) is 14.5. The molecule has 1 aromatic heterocycles. The number of carboxylic acids is 1. The molecule has 0 bridgehead atoms. The number of benzene rings is 1. The third-order valence-electron chi connectivity index (χ3n) is 2.96. The van der Waals surface area contributed by atoms with E-state index in [1.165, 1.54) is 6.20 Å². The summed E-state index contributed by atoms with van der Waals surface area (Å²) < 4.78 is 6.67. The smallest absolute Gasteiger partial charge is 0.341 e. The topological polar surface area (TPSA) is 59.4 Å². The number of aromatic carboxylic acids is 1. The summed E-state index contributed by atoms with van der Waals surface area (Å²) in [6.07, 6.45) is 1.54. The highest BCUT2D eigenvalue weighted by Crippen LogP contribution is 2.30. The fraction of sp³-hybridized carbons (Fsp3) is 0.200. The van der Waals surface area contributed by atoms with Crippen molar-refractivity contribution in [3.05, 3.63) is 51.1 Å². The van der Waals surface area contributed by atoms with Crippen molar-refractivity contribution in [2.75, 3.05) is 0 Å². The zero-order valence-electron chi connectivity index (χ0n) is 11.4. The number of aromatic nitrogens is 1. The summed E-state index contributed by atoms with van der Waals surface area (Å²) in [4.78, 5) is 15.3. The minimum atomic E-state index is -1.05. The molecule has 0 radical (unpaired) electrons. The van der Waals surface area contributed by atoms with Crippen molar-refractivity contribution in [1.29, 1.82) is 0 Å². The lowest BCUT2D eigenvalue weighted by Crippen LogP contribution is -2.04. The number of rotatable bonds is 3. The third kappa shape index (κ3) is 2.82. The van der Waals surface area contributed by atoms with Gasteiger partial charge in [-0.3, -0.25) is 0 Å². The van der Waals surface area contributed by atoms with Gasteiger partial charge in [-0.2, -0.15) is 0 Å². The highest BCUT2D eigenvalue weighted by Gasteiger charge is 2.17. The molecular formula is C15H14BrNO3. The number of halogens is 1. The summed E-state index contributed by atoms with van der Waals surface area (Å²) in [6.45, 7) is 5.62. The first-order chi connectivity index (χ1) is 9.40. The van der Waals surface area contributed by atoms with Gasteiger partial charge in [0.25, 0.3) is 0 Å². The third-order valence-corrected chi connectivity index (χ3v) is 4.21. The maximum Gasteiger partial charge on any atom is 0.341 e. The number of hydrogen-bond acceptors (Lipinski definition) is 3. The summed E-state index contributed by atoms with van der Waals surface area (Å²) in [5.41, 5.74) is 2.74. The largest absolute Gasteiger partial charge is 0.477 e. The lowest BCUT2D eigenvalue weighted by Gasteiger charge is -2.11. The second-order valence-electron chi connectivity index (χ2n) is 4.59. The lowest BCUT2D eigenvalue weighted by atomic mass is 10.1. The zero-order valence-corrected chi connectivity index (χ0v) is 13.0. The number of nitrogens with zero attached hydrogens (tertiary/aromatic N) is 1. The summed E-state index contributed by atoms with van der Waals surface area (Å²) in [7, 11) is 0. The van der Waals surface area contributed by atoms with E-state index in [1.807, 2.05) is 26.0 Å². The van der Waals surface area contributed by atoms with Crippen LogP contribution in [-0.4, -0.2) is 16.1 Å². The van der Waals surface area contributed by atoms with E-state index < -0.39 is 5.97 Å². The van der Waals surface area contributed by atoms with Crippen molar-refractivity contribution in [3.8, 4) is 11.6 Å². The van der Waals surface area contributed by atoms with Gasteiger partial charge in [0.15, 0.2) is 0 Å². The van der Waals surface area contributed by atoms with Gasteiger partial charge in [-0.25, -0.2) is 9.78 Å². The predicted octanol–water partition coefficient (Wildman–Crippen LogP) is 4.26. The monoisotopic (exact) mass is 335 g/mol. The Labute approximate surface area is 125 Å². The second-order valence-corrected chi connectivity index (χ2v) is 5.38. The van der Waals surface area contributed by atoms with E-state index in [2.05, 4.69) is 20.9 Å². The number of ether oxygens (including phenoxy) is 1. The Morgan fingerprint density at radius 3 is 2.35 bits per heavy atom. The van der Waals surface area contributed by atoms with Crippen molar-refractivity contribution in [2.45, 2.75) is 20.8 Å². The summed E-state index contributed by atoms with van der Waals surface area (Å²) >= 11 is 3.48. The minimum absolute atomic E-state index is 0.0886. The van der Waals surface area contributed by atoms with Crippen LogP contribution < -0.4 is 4.74 Å². The Balaban J connectivity index is 2.45. The average molecular weight is 336 g/mol. The molecule has 0 saturated heterocycles. The Hall–Kier alpha value is -1.88. The van der Waals surface area contributed by atoms with Crippen LogP contribution in [-0.2, 0) is 0 Å². The van der Waals surface area contributed by atoms with Crippen LogP contribution in [0.2, 0.25) is 0 Å². The standard InChI is InChI=1S/C15H14BrNO3/c1-8-4-5-17-14(12(8)15(18)19)20-11-6-9(2)13(16)10(3)7-11/h4-7H,1-3H3,(H,18,19). The number of hydrogen-bond donors (Lipinski definition) is 1. The molecule has 0 unspecified atom stereocenters. The van der Waals surface area contributed by atoms with Crippen molar-refractivity contribution in [1.82, 2.24) is 4.98 Å². The molecule has 1 aromatic carbocycles. The molecule has 0 fully saturated rings. The Morgan fingerprint density at radius 1 is 1.20 bits per heavy atom. The molecule has 4 nitrogen and oxygen atoms in total. The molecule has 1 N–H and O–H groups in total. The normalized spacial score (nSPS) is 10.4. The first-order valence-corrected chi connectivity index (χ1v) is 6.83. The molecular weight excluding hydrogens is 322 g/mol. The SMILES string of the molecule is Cc1cc(Oc2nccc(C)c2C(=O)O)cc(C)c1Br. The van der Waals surface area contributed by atoms with Gasteiger partial charge in [0.1, 0.15) is 11.3 Å². The highest BCUT2D eigenvalue weighted by molar-refractivity contribution is 9.10. The molecule has 0 aliphatic rings. The van der Waals surface area contributed by atoms with Gasteiger partial charge in [0.2, 0.25) is 5.88 Å². The van der Waals surface area contributed by atoms with E-state index in [4.69, 9.17) is 4.74 Å². The molecule has 0 aliphatic carbocycles. The fourth-order valence-corrected chi connectivity index (χ4v) is 2.18. The highest BCUT2D eigenvalue weighted by atomic mass is 79.9. The van der Waals surface area contributed by atoms with Crippen molar-refractivity contribution < 1.29 is 14.6 Å². The first-order valence-electron chi connectivity index (χ1n) is 6.03. The molecule has 5 heteroatoms. The number of pyridine rings is 1. The number of carbonyl (C=O) groups is 1. The molecule has 0 amide bonds. The summed E-state index contributed by atoms with van der Waals surface area (Å²) in [5.74, 6) is -0.362. The van der Waals surface area contributed by atoms with Crippen LogP contribution >= 0.6 is 15.9 Å². The van der Waals surface area contributed by atoms with Gasteiger partial charge in [-0.05, 0) is 55.7 Å². The van der Waals surface area contributed by atoms with E-state index >= 15 is 0 Å². The van der Waals surface area contributed by atoms with Gasteiger partial charge in [-0.1, -0.05) is 15.9 Å². The summed E-state index contributed by atoms with van der Waals surface area (Å²) in [6, 6.07) is 5.33. The van der Waals surface area contributed by atoms with Crippen molar-refractivity contribution >= 4 is 21.9 Å². The molecule has 0 atom stereocenters. The van der Waals surface area contributed by atoms with Crippen LogP contribution in [0.15, 0.2) is 28.9 Å². The second kappa shape index (κ2) is 5.63. The fourth-order valence-electron chi connectivity index (χ4n) is 1.95. The molecule has 2 rings (SSSR count). The quantitative estimate of drug-likeness (QED) is 0.910. The van der Waals surface area contributed by atoms with Gasteiger partial charge in [0, 0.05) is 10.7 Å². The molecule has 2 aromatic rings. The van der Waals surface area contributed by atoms with Gasteiger partial charge in [0.05, 0.1) is 0 Å². The van der Waals surface area contributed by atoms with E-state index in [-0.39, 0.29) is 11.4 Å². The molecule has 0 saturated carbocycles. The van der Waals surface area contributed by atoms with Gasteiger partial charge >= 0.3 is 5.97 Å². The maximum absolute atomic E-state index is 11.3. The van der Waals surface area contributed by atoms with Crippen LogP contribution in [0.3, 0.4) is 0 Å². The van der Waals surface area contributed by atoms with Crippen LogP contribution in [0.4, 0.5) is 0 Å². The predicted molar refractivity (Wildman–Crippen MR) is 79.6 cm³/mol. The minimum Gasteiger partial charge on any atom is -0.477 e. The number of carboxylic acid groups (broad SMARTS) is 1. The van der Waals surface area contributed by atoms with E-state index in [9.17, 15) is 9.90 Å². The van der Waals surface area contributed by atoms with Crippen molar-refractivity contribution in [2.24, 2.45) is 0 Å². The summed E-state index contributed by atoms with van der Waals surface area (Å²) in [5, 5.41) is 9.25. The number of aryl methyl sites for hydroxylation is 3. The molecule has 0 aliphatic heterocycles. The molecule has 20 heavy (non-hydrogen) atoms. The van der Waals surface area contributed by atoms with Gasteiger partial charge in [-0.15, -0.1) is 0 Å². The average Bonchev–Trinajstić information content (AvgIpc) is 2.35. The lowest BCUT2D eigenvalue weighted by molar-refractivity contribution is 0.0692. The van der Waals surface area contributed by atoms with Crippen LogP contribution in [0.25, 0.3) is 0 Å². The molecule has 104 valence electrons. The van der Waals surface area contributed by atoms with Crippen LogP contribution in [0, 0.1) is 20.8 Å². The van der Waals surface area contributed by atoms with Gasteiger partial charge < -0.3 is 9.84 Å². The molecule has 0 spiro atoms. The zero-order chi connectivity index (χ0) is 14.9. The van der Waals surface area contributed by atoms with E-state index in [0.717, 1.165) is 15.6 Å². The Bertz CT molecular complexity index is 660. The maximum atomic E-state index is 11.3. The molecule has 1 heterocycles. The van der Waals surface area contributed by atoms with E-state index in [0.29, 0.717) is 11.3 Å². The van der Waals surface area contributed by atoms with Crippen LogP contribution in [0.1, 0.15) is 27.0 Å². The van der Waals surface area contributed by atoms with Crippen molar-refractivity contribution in [3.63, 3.8) is 0 Å². The Kier molecular flexibility index (Phi) is 4.09. The van der Waals surface area contributed by atoms with Crippen LogP contribution in [0.5, 0.6) is 11.6 Å².